The zero-order valence-corrected chi connectivity index (χ0v) is 20.8. The molecule has 9 nitrogen and oxygen atoms in total. The van der Waals surface area contributed by atoms with Crippen molar-refractivity contribution in [3.05, 3.63) is 29.3 Å². The van der Waals surface area contributed by atoms with Gasteiger partial charge in [0.2, 0.25) is 15.9 Å². The van der Waals surface area contributed by atoms with Crippen LogP contribution >= 0.6 is 0 Å². The third-order valence-corrected chi connectivity index (χ3v) is 7.92. The predicted octanol–water partition coefficient (Wildman–Crippen LogP) is 2.03. The Labute approximate surface area is 196 Å². The number of benzene rings is 1. The molecule has 2 N–H and O–H groups in total. The Morgan fingerprint density at radius 2 is 1.73 bits per heavy atom. The van der Waals surface area contributed by atoms with Gasteiger partial charge in [-0.05, 0) is 45.6 Å². The monoisotopic (exact) mass is 480 g/mol. The van der Waals surface area contributed by atoms with Crippen LogP contribution in [0.25, 0.3) is 0 Å². The van der Waals surface area contributed by atoms with Crippen molar-refractivity contribution >= 4 is 22.0 Å². The van der Waals surface area contributed by atoms with E-state index >= 15 is 0 Å². The van der Waals surface area contributed by atoms with Gasteiger partial charge in [-0.15, -0.1) is 0 Å². The van der Waals surface area contributed by atoms with E-state index in [4.69, 9.17) is 4.74 Å². The molecule has 1 atom stereocenters. The Hall–Kier alpha value is -2.33. The third kappa shape index (κ3) is 6.60. The van der Waals surface area contributed by atoms with Gasteiger partial charge in [0.25, 0.3) is 0 Å². The standard InChI is InChI=1S/C23H36N4O5S/c1-16-5-6-21(32-3)20(15-16)17(2)24-22(28)18-7-11-26(12-8-18)23(29)25-19-9-13-27(14-10-19)33(4,30)31/h5-6,15,17-19H,7-14H2,1-4H3,(H,24,28)(H,25,29)/t17-/m0/s1. The number of hydrogen-bond acceptors (Lipinski definition) is 5. The Morgan fingerprint density at radius 3 is 2.30 bits per heavy atom. The van der Waals surface area contributed by atoms with Crippen molar-refractivity contribution < 1.29 is 22.7 Å². The molecule has 3 amide bonds. The maximum absolute atomic E-state index is 12.8. The lowest BCUT2D eigenvalue weighted by molar-refractivity contribution is -0.126. The van der Waals surface area contributed by atoms with Gasteiger partial charge < -0.3 is 20.3 Å². The zero-order chi connectivity index (χ0) is 24.2. The summed E-state index contributed by atoms with van der Waals surface area (Å²) in [6.07, 6.45) is 3.66. The molecule has 10 heteroatoms. The first-order valence-electron chi connectivity index (χ1n) is 11.5. The number of carbonyl (C=O) groups is 2. The van der Waals surface area contributed by atoms with Crippen molar-refractivity contribution in [1.82, 2.24) is 19.8 Å². The summed E-state index contributed by atoms with van der Waals surface area (Å²) in [7, 11) is -1.56. The van der Waals surface area contributed by atoms with Gasteiger partial charge in [0, 0.05) is 43.7 Å². The van der Waals surface area contributed by atoms with E-state index in [0.717, 1.165) is 16.9 Å². The molecular formula is C23H36N4O5S. The number of urea groups is 1. The summed E-state index contributed by atoms with van der Waals surface area (Å²) in [5.74, 6) is 0.617. The lowest BCUT2D eigenvalue weighted by atomic mass is 9.95. The van der Waals surface area contributed by atoms with E-state index in [-0.39, 0.29) is 29.9 Å². The number of nitrogens with one attached hydrogen (secondary N) is 2. The number of rotatable bonds is 6. The summed E-state index contributed by atoms with van der Waals surface area (Å²) in [6, 6.07) is 5.58. The van der Waals surface area contributed by atoms with Gasteiger partial charge >= 0.3 is 6.03 Å². The van der Waals surface area contributed by atoms with Gasteiger partial charge in [-0.3, -0.25) is 4.79 Å². The van der Waals surface area contributed by atoms with E-state index in [1.165, 1.54) is 10.6 Å². The summed E-state index contributed by atoms with van der Waals surface area (Å²) in [5.41, 5.74) is 2.05. The van der Waals surface area contributed by atoms with Gasteiger partial charge in [0.15, 0.2) is 0 Å². The van der Waals surface area contributed by atoms with Crippen LogP contribution < -0.4 is 15.4 Å². The molecule has 0 bridgehead atoms. The second-order valence-corrected chi connectivity index (χ2v) is 11.1. The highest BCUT2D eigenvalue weighted by Crippen LogP contribution is 2.27. The summed E-state index contributed by atoms with van der Waals surface area (Å²) in [5, 5.41) is 6.13. The fraction of sp³-hybridized carbons (Fsp3) is 0.652. The van der Waals surface area contributed by atoms with Gasteiger partial charge in [0.1, 0.15) is 5.75 Å². The fourth-order valence-corrected chi connectivity index (χ4v) is 5.42. The topological polar surface area (TPSA) is 108 Å². The molecular weight excluding hydrogens is 444 g/mol. The minimum atomic E-state index is -3.18. The number of ether oxygens (including phenoxy) is 1. The Morgan fingerprint density at radius 1 is 1.09 bits per heavy atom. The van der Waals surface area contributed by atoms with Gasteiger partial charge in [-0.25, -0.2) is 17.5 Å². The maximum atomic E-state index is 12.8. The molecule has 2 fully saturated rings. The number of hydrogen-bond donors (Lipinski definition) is 2. The highest BCUT2D eigenvalue weighted by molar-refractivity contribution is 7.88. The molecule has 2 aliphatic heterocycles. The SMILES string of the molecule is COc1ccc(C)cc1[C@H](C)NC(=O)C1CCN(C(=O)NC2CCN(S(C)(=O)=O)CC2)CC1. The zero-order valence-electron chi connectivity index (χ0n) is 20.0. The van der Waals surface area contributed by atoms with E-state index < -0.39 is 10.0 Å². The number of likely N-dealkylation sites (tertiary alicyclic amines) is 1. The number of sulfonamides is 1. The van der Waals surface area contributed by atoms with Crippen LogP contribution in [0.2, 0.25) is 0 Å². The third-order valence-electron chi connectivity index (χ3n) is 6.61. The lowest BCUT2D eigenvalue weighted by Crippen LogP contribution is -2.52. The Kier molecular flexibility index (Phi) is 8.23. The first-order chi connectivity index (χ1) is 15.6. The van der Waals surface area contributed by atoms with Crippen LogP contribution in [0.4, 0.5) is 4.79 Å². The Balaban J connectivity index is 1.45. The van der Waals surface area contributed by atoms with Crippen molar-refractivity contribution in [3.63, 3.8) is 0 Å². The molecule has 184 valence electrons. The number of methoxy groups -OCH3 is 1. The fourth-order valence-electron chi connectivity index (χ4n) is 4.54. The van der Waals surface area contributed by atoms with Crippen LogP contribution in [0.15, 0.2) is 18.2 Å². The molecule has 0 radical (unpaired) electrons. The van der Waals surface area contributed by atoms with Crippen molar-refractivity contribution in [1.29, 1.82) is 0 Å². The molecule has 2 saturated heterocycles. The smallest absolute Gasteiger partial charge is 0.317 e. The second kappa shape index (κ2) is 10.7. The molecule has 3 rings (SSSR count). The average molecular weight is 481 g/mol. The quantitative estimate of drug-likeness (QED) is 0.648. The normalized spacial score (nSPS) is 19.7. The maximum Gasteiger partial charge on any atom is 0.317 e. The van der Waals surface area contributed by atoms with E-state index in [0.29, 0.717) is 51.9 Å². The number of piperidine rings is 2. The van der Waals surface area contributed by atoms with Crippen LogP contribution in [0.1, 0.15) is 49.8 Å². The highest BCUT2D eigenvalue weighted by atomic mass is 32.2. The van der Waals surface area contributed by atoms with Crippen LogP contribution in [0, 0.1) is 12.8 Å². The first-order valence-corrected chi connectivity index (χ1v) is 13.4. The largest absolute Gasteiger partial charge is 0.496 e. The molecule has 0 aliphatic carbocycles. The van der Waals surface area contributed by atoms with E-state index in [1.54, 1.807) is 12.0 Å². The van der Waals surface area contributed by atoms with Crippen molar-refractivity contribution in [2.75, 3.05) is 39.5 Å². The molecule has 0 saturated carbocycles. The highest BCUT2D eigenvalue weighted by Gasteiger charge is 2.31. The second-order valence-electron chi connectivity index (χ2n) is 9.12. The summed E-state index contributed by atoms with van der Waals surface area (Å²) >= 11 is 0. The minimum absolute atomic E-state index is 0.000681. The van der Waals surface area contributed by atoms with Crippen LogP contribution in [-0.4, -0.2) is 75.1 Å². The molecule has 1 aromatic rings. The van der Waals surface area contributed by atoms with Crippen molar-refractivity contribution in [2.45, 2.75) is 51.6 Å². The van der Waals surface area contributed by atoms with E-state index in [2.05, 4.69) is 10.6 Å². The van der Waals surface area contributed by atoms with E-state index in [9.17, 15) is 18.0 Å². The summed E-state index contributed by atoms with van der Waals surface area (Å²) in [6.45, 7) is 5.86. The molecule has 0 spiro atoms. The predicted molar refractivity (Wildman–Crippen MR) is 127 cm³/mol. The van der Waals surface area contributed by atoms with Gasteiger partial charge in [-0.2, -0.15) is 0 Å². The first kappa shape index (κ1) is 25.3. The summed E-state index contributed by atoms with van der Waals surface area (Å²) in [4.78, 5) is 27.3. The van der Waals surface area contributed by atoms with E-state index in [1.807, 2.05) is 32.0 Å². The minimum Gasteiger partial charge on any atom is -0.496 e. The Bertz CT molecular complexity index is 952. The van der Waals surface area contributed by atoms with Crippen LogP contribution in [0.3, 0.4) is 0 Å². The lowest BCUT2D eigenvalue weighted by Gasteiger charge is -2.35. The van der Waals surface area contributed by atoms with Crippen molar-refractivity contribution in [2.24, 2.45) is 5.92 Å². The number of nitrogens with zero attached hydrogens (tertiary/aromatic N) is 2. The number of aryl methyl sites for hydroxylation is 1. The van der Waals surface area contributed by atoms with Gasteiger partial charge in [-0.1, -0.05) is 17.7 Å². The van der Waals surface area contributed by atoms with Crippen LogP contribution in [0.5, 0.6) is 5.75 Å². The average Bonchev–Trinajstić information content (AvgIpc) is 2.78. The van der Waals surface area contributed by atoms with Crippen molar-refractivity contribution in [3.8, 4) is 5.75 Å². The molecule has 0 aromatic heterocycles. The molecule has 2 aliphatic rings. The molecule has 33 heavy (non-hydrogen) atoms. The number of carbonyl (C=O) groups excluding carboxylic acids is 2. The van der Waals surface area contributed by atoms with Crippen LogP contribution in [-0.2, 0) is 14.8 Å². The molecule has 1 aromatic carbocycles. The summed E-state index contributed by atoms with van der Waals surface area (Å²) < 4.78 is 30.2. The molecule has 2 heterocycles. The molecule has 0 unspecified atom stereocenters. The van der Waals surface area contributed by atoms with Gasteiger partial charge in [0.05, 0.1) is 19.4 Å². The number of amides is 3.